The summed E-state index contributed by atoms with van der Waals surface area (Å²) in [5.41, 5.74) is 8.96. The maximum absolute atomic E-state index is 12.0. The second-order valence-electron chi connectivity index (χ2n) is 4.55. The van der Waals surface area contributed by atoms with Crippen LogP contribution >= 0.6 is 0 Å². The van der Waals surface area contributed by atoms with Gasteiger partial charge >= 0.3 is 6.18 Å². The first-order chi connectivity index (χ1) is 7.78. The average molecular weight is 245 g/mol. The molecule has 0 fully saturated rings. The first kappa shape index (κ1) is 14.0. The molecule has 0 aromatic heterocycles. The molecule has 2 N–H and O–H groups in total. The molecular formula is C13H18F3N. The highest BCUT2D eigenvalue weighted by Crippen LogP contribution is 2.23. The lowest BCUT2D eigenvalue weighted by Gasteiger charge is -2.15. The number of nitrogens with two attached hydrogens (primary N) is 1. The van der Waals surface area contributed by atoms with Crippen molar-refractivity contribution in [2.75, 3.05) is 0 Å². The smallest absolute Gasteiger partial charge is 0.327 e. The van der Waals surface area contributed by atoms with Gasteiger partial charge in [0.05, 0.1) is 0 Å². The predicted molar refractivity (Wildman–Crippen MR) is 62.9 cm³/mol. The highest BCUT2D eigenvalue weighted by atomic mass is 19.4. The van der Waals surface area contributed by atoms with Gasteiger partial charge in [-0.05, 0) is 37.8 Å². The molecule has 17 heavy (non-hydrogen) atoms. The Hall–Kier alpha value is -1.03. The van der Waals surface area contributed by atoms with Crippen molar-refractivity contribution in [2.24, 2.45) is 5.73 Å². The third-order valence-electron chi connectivity index (χ3n) is 2.79. The summed E-state index contributed by atoms with van der Waals surface area (Å²) in [6, 6.07) is 5.52. The Balaban J connectivity index is 2.56. The van der Waals surface area contributed by atoms with Crippen molar-refractivity contribution >= 4 is 0 Å². The quantitative estimate of drug-likeness (QED) is 0.863. The first-order valence-electron chi connectivity index (χ1n) is 5.66. The van der Waals surface area contributed by atoms with E-state index in [-0.39, 0.29) is 6.42 Å². The molecule has 1 atom stereocenters. The lowest BCUT2D eigenvalue weighted by atomic mass is 9.97. The molecule has 1 aromatic rings. The van der Waals surface area contributed by atoms with Gasteiger partial charge in [0, 0.05) is 12.5 Å². The van der Waals surface area contributed by atoms with Crippen LogP contribution in [-0.2, 0) is 6.42 Å². The number of rotatable bonds is 4. The SMILES string of the molecule is Cc1ccc(C)c(CC(N)CCC(F)(F)F)c1. The van der Waals surface area contributed by atoms with Gasteiger partial charge in [-0.3, -0.25) is 0 Å². The number of halogens is 3. The molecule has 0 saturated carbocycles. The molecule has 0 aliphatic carbocycles. The van der Waals surface area contributed by atoms with Crippen molar-refractivity contribution in [1.29, 1.82) is 0 Å². The minimum absolute atomic E-state index is 0.0170. The van der Waals surface area contributed by atoms with Crippen molar-refractivity contribution in [2.45, 2.75) is 45.3 Å². The molecule has 0 aliphatic rings. The van der Waals surface area contributed by atoms with Crippen LogP contribution < -0.4 is 5.73 Å². The molecule has 1 nitrogen and oxygen atoms in total. The minimum atomic E-state index is -4.11. The number of hydrogen-bond donors (Lipinski definition) is 1. The number of alkyl halides is 3. The zero-order valence-corrected chi connectivity index (χ0v) is 10.1. The Labute approximate surface area is 99.8 Å². The summed E-state index contributed by atoms with van der Waals surface area (Å²) in [7, 11) is 0. The van der Waals surface area contributed by atoms with Gasteiger partial charge in [0.15, 0.2) is 0 Å². The van der Waals surface area contributed by atoms with E-state index in [9.17, 15) is 13.2 Å². The van der Waals surface area contributed by atoms with E-state index >= 15 is 0 Å². The largest absolute Gasteiger partial charge is 0.389 e. The van der Waals surface area contributed by atoms with Crippen molar-refractivity contribution in [3.63, 3.8) is 0 Å². The standard InChI is InChI=1S/C13H18F3N/c1-9-3-4-10(2)11(7-9)8-12(17)5-6-13(14,15)16/h3-4,7,12H,5-6,8,17H2,1-2H3. The first-order valence-corrected chi connectivity index (χ1v) is 5.66. The number of hydrogen-bond acceptors (Lipinski definition) is 1. The van der Waals surface area contributed by atoms with Crippen LogP contribution in [0.4, 0.5) is 13.2 Å². The number of benzene rings is 1. The van der Waals surface area contributed by atoms with Crippen LogP contribution in [0.25, 0.3) is 0 Å². The van der Waals surface area contributed by atoms with Crippen molar-refractivity contribution < 1.29 is 13.2 Å². The van der Waals surface area contributed by atoms with Gasteiger partial charge in [-0.25, -0.2) is 0 Å². The highest BCUT2D eigenvalue weighted by Gasteiger charge is 2.27. The second-order valence-corrected chi connectivity index (χ2v) is 4.55. The van der Waals surface area contributed by atoms with Gasteiger partial charge in [-0.1, -0.05) is 23.8 Å². The fourth-order valence-electron chi connectivity index (χ4n) is 1.75. The molecule has 0 radical (unpaired) electrons. The molecular weight excluding hydrogens is 227 g/mol. The summed E-state index contributed by atoms with van der Waals surface area (Å²) in [4.78, 5) is 0. The third kappa shape index (κ3) is 5.22. The van der Waals surface area contributed by atoms with Crippen LogP contribution in [0, 0.1) is 13.8 Å². The minimum Gasteiger partial charge on any atom is -0.327 e. The molecule has 1 unspecified atom stereocenters. The van der Waals surface area contributed by atoms with Gasteiger partial charge in [0.1, 0.15) is 0 Å². The predicted octanol–water partition coefficient (Wildman–Crippen LogP) is 3.52. The Morgan fingerprint density at radius 2 is 1.88 bits per heavy atom. The zero-order chi connectivity index (χ0) is 13.1. The Kier molecular flexibility index (Phi) is 4.57. The van der Waals surface area contributed by atoms with Crippen molar-refractivity contribution in [3.05, 3.63) is 34.9 Å². The average Bonchev–Trinajstić information content (AvgIpc) is 2.20. The van der Waals surface area contributed by atoms with E-state index in [0.717, 1.165) is 16.7 Å². The van der Waals surface area contributed by atoms with E-state index in [1.165, 1.54) is 0 Å². The van der Waals surface area contributed by atoms with Crippen molar-refractivity contribution in [3.8, 4) is 0 Å². The monoisotopic (exact) mass is 245 g/mol. The number of aryl methyl sites for hydroxylation is 2. The van der Waals surface area contributed by atoms with Crippen LogP contribution in [0.5, 0.6) is 0 Å². The lowest BCUT2D eigenvalue weighted by molar-refractivity contribution is -0.136. The molecule has 0 heterocycles. The fraction of sp³-hybridized carbons (Fsp3) is 0.538. The van der Waals surface area contributed by atoms with Crippen LogP contribution in [0.2, 0.25) is 0 Å². The molecule has 96 valence electrons. The molecule has 0 aliphatic heterocycles. The van der Waals surface area contributed by atoms with Crippen LogP contribution in [0.15, 0.2) is 18.2 Å². The van der Waals surface area contributed by atoms with E-state index in [1.54, 1.807) is 0 Å². The van der Waals surface area contributed by atoms with Crippen LogP contribution in [0.1, 0.15) is 29.5 Å². The van der Waals surface area contributed by atoms with Crippen LogP contribution in [0.3, 0.4) is 0 Å². The molecule has 1 rings (SSSR count). The van der Waals surface area contributed by atoms with E-state index in [4.69, 9.17) is 5.73 Å². The molecule has 0 spiro atoms. The molecule has 0 bridgehead atoms. The lowest BCUT2D eigenvalue weighted by Crippen LogP contribution is -2.25. The maximum atomic E-state index is 12.0. The van der Waals surface area contributed by atoms with Crippen LogP contribution in [-0.4, -0.2) is 12.2 Å². The third-order valence-corrected chi connectivity index (χ3v) is 2.79. The van der Waals surface area contributed by atoms with E-state index in [1.807, 2.05) is 32.0 Å². The van der Waals surface area contributed by atoms with Gasteiger partial charge < -0.3 is 5.73 Å². The Morgan fingerprint density at radius 3 is 2.47 bits per heavy atom. The van der Waals surface area contributed by atoms with Gasteiger partial charge in [0.2, 0.25) is 0 Å². The molecule has 0 saturated heterocycles. The topological polar surface area (TPSA) is 26.0 Å². The summed E-state index contributed by atoms with van der Waals surface area (Å²) < 4.78 is 36.1. The van der Waals surface area contributed by atoms with E-state index < -0.39 is 18.6 Å². The molecule has 4 heteroatoms. The summed E-state index contributed by atoms with van der Waals surface area (Å²) in [6.07, 6.45) is -4.43. The van der Waals surface area contributed by atoms with Gasteiger partial charge in [-0.15, -0.1) is 0 Å². The summed E-state index contributed by atoms with van der Waals surface area (Å²) >= 11 is 0. The maximum Gasteiger partial charge on any atom is 0.389 e. The second kappa shape index (κ2) is 5.54. The summed E-state index contributed by atoms with van der Waals surface area (Å²) in [6.45, 7) is 3.91. The molecule has 0 amide bonds. The van der Waals surface area contributed by atoms with Gasteiger partial charge in [-0.2, -0.15) is 13.2 Å². The fourth-order valence-corrected chi connectivity index (χ4v) is 1.75. The highest BCUT2D eigenvalue weighted by molar-refractivity contribution is 5.31. The van der Waals surface area contributed by atoms with Gasteiger partial charge in [0.25, 0.3) is 0 Å². The Bertz CT molecular complexity index is 371. The normalized spacial score (nSPS) is 13.8. The summed E-state index contributed by atoms with van der Waals surface area (Å²) in [5, 5.41) is 0. The van der Waals surface area contributed by atoms with E-state index in [2.05, 4.69) is 0 Å². The molecule has 1 aromatic carbocycles. The van der Waals surface area contributed by atoms with Crippen molar-refractivity contribution in [1.82, 2.24) is 0 Å². The van der Waals surface area contributed by atoms with E-state index in [0.29, 0.717) is 6.42 Å². The zero-order valence-electron chi connectivity index (χ0n) is 10.1. The summed E-state index contributed by atoms with van der Waals surface area (Å²) in [5.74, 6) is 0. The Morgan fingerprint density at radius 1 is 1.24 bits per heavy atom.